The van der Waals surface area contributed by atoms with Crippen molar-refractivity contribution in [1.29, 1.82) is 0 Å². The highest BCUT2D eigenvalue weighted by Crippen LogP contribution is 2.52. The number of hydrogen-bond acceptors (Lipinski definition) is 5. The first-order valence-corrected chi connectivity index (χ1v) is 13.2. The third kappa shape index (κ3) is 3.66. The van der Waals surface area contributed by atoms with Crippen LogP contribution in [0.2, 0.25) is 0 Å². The number of aryl methyl sites for hydroxylation is 1. The largest absolute Gasteiger partial charge is 0.494 e. The summed E-state index contributed by atoms with van der Waals surface area (Å²) in [5.74, 6) is 0.415. The zero-order valence-corrected chi connectivity index (χ0v) is 20.3. The lowest BCUT2D eigenvalue weighted by Gasteiger charge is -2.27. The number of aromatic carboxylic acids is 1. The minimum Gasteiger partial charge on any atom is -0.494 e. The highest BCUT2D eigenvalue weighted by molar-refractivity contribution is 7.15. The maximum atomic E-state index is 13.0. The molecule has 6 rings (SSSR count). The van der Waals surface area contributed by atoms with Crippen molar-refractivity contribution in [3.05, 3.63) is 50.1 Å². The molecule has 2 fully saturated rings. The number of H-pyrrole nitrogens is 1. The van der Waals surface area contributed by atoms with Gasteiger partial charge in [-0.15, -0.1) is 11.3 Å². The van der Waals surface area contributed by atoms with Gasteiger partial charge in [-0.25, -0.2) is 4.79 Å². The number of aromatic nitrogens is 1. The first-order valence-electron chi connectivity index (χ1n) is 12.4. The number of thiophene rings is 1. The van der Waals surface area contributed by atoms with Gasteiger partial charge in [-0.1, -0.05) is 0 Å². The number of methoxy groups -OCH3 is 1. The summed E-state index contributed by atoms with van der Waals surface area (Å²) < 4.78 is 5.93. The molecule has 1 atom stereocenters. The van der Waals surface area contributed by atoms with E-state index in [4.69, 9.17) is 4.74 Å². The summed E-state index contributed by atoms with van der Waals surface area (Å²) in [6.07, 6.45) is 9.70. The number of nitrogens with zero attached hydrogens (tertiary/aromatic N) is 1. The summed E-state index contributed by atoms with van der Waals surface area (Å²) in [6, 6.07) is 4.32. The molecule has 3 aromatic rings. The Hall–Kier alpha value is -2.64. The number of carboxylic acids is 1. The van der Waals surface area contributed by atoms with E-state index in [1.165, 1.54) is 60.3 Å². The number of nitrogens with one attached hydrogen (secondary N) is 1. The Morgan fingerprint density at radius 1 is 1.18 bits per heavy atom. The molecule has 3 aliphatic rings. The molecule has 0 spiro atoms. The van der Waals surface area contributed by atoms with Gasteiger partial charge in [0.05, 0.1) is 18.0 Å². The fourth-order valence-corrected chi connectivity index (χ4v) is 7.28. The number of fused-ring (bicyclic) bond motifs is 2. The molecule has 7 heteroatoms. The van der Waals surface area contributed by atoms with Crippen molar-refractivity contribution < 1.29 is 14.6 Å². The number of likely N-dealkylation sites (tertiary alicyclic amines) is 1. The van der Waals surface area contributed by atoms with Crippen molar-refractivity contribution in [2.75, 3.05) is 26.7 Å². The average Bonchev–Trinajstić information content (AvgIpc) is 3.37. The maximum Gasteiger partial charge on any atom is 0.341 e. The topological polar surface area (TPSA) is 82.6 Å². The molecule has 1 aliphatic heterocycles. The Bertz CT molecular complexity index is 1330. The van der Waals surface area contributed by atoms with E-state index in [-0.39, 0.29) is 5.56 Å². The average molecular weight is 479 g/mol. The van der Waals surface area contributed by atoms with E-state index in [1.54, 1.807) is 7.11 Å². The molecule has 3 heterocycles. The molecule has 6 nitrogen and oxygen atoms in total. The molecule has 1 unspecified atom stereocenters. The van der Waals surface area contributed by atoms with E-state index >= 15 is 0 Å². The highest BCUT2D eigenvalue weighted by atomic mass is 32.1. The summed E-state index contributed by atoms with van der Waals surface area (Å²) in [6.45, 7) is 3.59. The lowest BCUT2D eigenvalue weighted by atomic mass is 9.86. The van der Waals surface area contributed by atoms with Crippen LogP contribution < -0.4 is 10.2 Å². The smallest absolute Gasteiger partial charge is 0.341 e. The second-order valence-electron chi connectivity index (χ2n) is 9.99. The number of rotatable bonds is 6. The van der Waals surface area contributed by atoms with Crippen LogP contribution >= 0.6 is 11.3 Å². The van der Waals surface area contributed by atoms with Crippen molar-refractivity contribution in [3.8, 4) is 16.2 Å². The summed E-state index contributed by atoms with van der Waals surface area (Å²) in [5, 5.41) is 9.84. The van der Waals surface area contributed by atoms with Crippen molar-refractivity contribution in [3.63, 3.8) is 0 Å². The van der Waals surface area contributed by atoms with Gasteiger partial charge in [0.2, 0.25) is 5.43 Å². The van der Waals surface area contributed by atoms with Gasteiger partial charge < -0.3 is 19.7 Å². The quantitative estimate of drug-likeness (QED) is 0.499. The first-order chi connectivity index (χ1) is 16.5. The van der Waals surface area contributed by atoms with Gasteiger partial charge in [-0.2, -0.15) is 0 Å². The first kappa shape index (κ1) is 21.9. The molecule has 0 amide bonds. The van der Waals surface area contributed by atoms with Crippen molar-refractivity contribution >= 4 is 28.2 Å². The monoisotopic (exact) mass is 478 g/mol. The number of carbonyl (C=O) groups is 1. The molecule has 2 aliphatic carbocycles. The molecule has 178 valence electrons. The molecule has 2 N–H and O–H groups in total. The number of hydrogen-bond donors (Lipinski definition) is 2. The number of ether oxygens (including phenoxy) is 1. The zero-order valence-electron chi connectivity index (χ0n) is 19.5. The normalized spacial score (nSPS) is 20.6. The van der Waals surface area contributed by atoms with Gasteiger partial charge in [-0.3, -0.25) is 4.79 Å². The van der Waals surface area contributed by atoms with Gasteiger partial charge in [-0.05, 0) is 93.1 Å². The van der Waals surface area contributed by atoms with E-state index in [9.17, 15) is 14.7 Å². The molecule has 0 bridgehead atoms. The molecule has 1 saturated heterocycles. The van der Waals surface area contributed by atoms with E-state index < -0.39 is 11.4 Å². The fourth-order valence-electron chi connectivity index (χ4n) is 5.93. The van der Waals surface area contributed by atoms with Crippen LogP contribution in [0.15, 0.2) is 23.1 Å². The van der Waals surface area contributed by atoms with Gasteiger partial charge in [0, 0.05) is 28.1 Å². The molecule has 0 radical (unpaired) electrons. The highest BCUT2D eigenvalue weighted by Gasteiger charge is 2.33. The number of aromatic amines is 1. The van der Waals surface area contributed by atoms with Crippen molar-refractivity contribution in [2.45, 2.75) is 56.8 Å². The second kappa shape index (κ2) is 8.54. The Kier molecular flexibility index (Phi) is 5.49. The summed E-state index contributed by atoms with van der Waals surface area (Å²) in [7, 11) is 1.64. The minimum absolute atomic E-state index is 0.236. The van der Waals surface area contributed by atoms with Crippen LogP contribution in [0.3, 0.4) is 0 Å². The Morgan fingerprint density at radius 3 is 2.68 bits per heavy atom. The SMILES string of the molecule is COc1c(-c2cc3c(s2)CCCC3CN2CCCC2)c(C2CC2)cc2c(=O)c(C(=O)O)c[nH]c12. The Labute approximate surface area is 202 Å². The van der Waals surface area contributed by atoms with Gasteiger partial charge in [0.25, 0.3) is 0 Å². The van der Waals surface area contributed by atoms with E-state index in [1.807, 2.05) is 17.4 Å². The van der Waals surface area contributed by atoms with Gasteiger partial charge in [0.15, 0.2) is 5.75 Å². The third-order valence-corrected chi connectivity index (χ3v) is 9.00. The molecular weight excluding hydrogens is 448 g/mol. The van der Waals surface area contributed by atoms with E-state index in [0.717, 1.165) is 36.9 Å². The number of carboxylic acid groups (broad SMARTS) is 1. The summed E-state index contributed by atoms with van der Waals surface area (Å²) in [4.78, 5) is 32.9. The standard InChI is InChI=1S/C27H30N2O4S/c1-33-26-23(18(15-7-8-15)11-19-24(26)28-13-20(25(19)30)27(31)32)22-12-17-16(5-4-6-21(17)34-22)14-29-9-2-3-10-29/h11-13,15-16H,2-10,14H2,1H3,(H,28,30)(H,31,32). The lowest BCUT2D eigenvalue weighted by Crippen LogP contribution is -2.27. The van der Waals surface area contributed by atoms with Gasteiger partial charge in [0.1, 0.15) is 5.56 Å². The van der Waals surface area contributed by atoms with E-state index in [0.29, 0.717) is 28.5 Å². The minimum atomic E-state index is -1.21. The summed E-state index contributed by atoms with van der Waals surface area (Å²) in [5.41, 5.74) is 3.58. The van der Waals surface area contributed by atoms with Gasteiger partial charge >= 0.3 is 5.97 Å². The lowest BCUT2D eigenvalue weighted by molar-refractivity contribution is 0.0695. The van der Waals surface area contributed by atoms with E-state index in [2.05, 4.69) is 16.0 Å². The second-order valence-corrected chi connectivity index (χ2v) is 11.1. The van der Waals surface area contributed by atoms with Crippen LogP contribution in [-0.2, 0) is 6.42 Å². The van der Waals surface area contributed by atoms with Crippen LogP contribution in [0, 0.1) is 0 Å². The third-order valence-electron chi connectivity index (χ3n) is 7.78. The van der Waals surface area contributed by atoms with Crippen LogP contribution in [0.25, 0.3) is 21.3 Å². The molecule has 34 heavy (non-hydrogen) atoms. The Balaban J connectivity index is 1.50. The van der Waals surface area contributed by atoms with Crippen molar-refractivity contribution in [1.82, 2.24) is 9.88 Å². The Morgan fingerprint density at radius 2 is 1.97 bits per heavy atom. The summed E-state index contributed by atoms with van der Waals surface area (Å²) >= 11 is 1.88. The van der Waals surface area contributed by atoms with Crippen LogP contribution in [0.5, 0.6) is 5.75 Å². The molecule has 1 aromatic carbocycles. The maximum absolute atomic E-state index is 13.0. The van der Waals surface area contributed by atoms with Crippen LogP contribution in [-0.4, -0.2) is 47.7 Å². The predicted molar refractivity (Wildman–Crippen MR) is 135 cm³/mol. The molecular formula is C27H30N2O4S. The number of benzene rings is 1. The fraction of sp³-hybridized carbons (Fsp3) is 0.481. The van der Waals surface area contributed by atoms with Crippen molar-refractivity contribution in [2.24, 2.45) is 0 Å². The van der Waals surface area contributed by atoms with Crippen LogP contribution in [0.1, 0.15) is 76.7 Å². The number of pyridine rings is 1. The predicted octanol–water partition coefficient (Wildman–Crippen LogP) is 5.36. The van der Waals surface area contributed by atoms with Crippen LogP contribution in [0.4, 0.5) is 0 Å². The zero-order chi connectivity index (χ0) is 23.4. The molecule has 1 saturated carbocycles. The molecule has 2 aromatic heterocycles.